The molecule has 2 fully saturated rings. The lowest BCUT2D eigenvalue weighted by atomic mass is 9.76. The number of nitrogens with two attached hydrogens (primary N) is 1. The van der Waals surface area contributed by atoms with Crippen LogP contribution in [0.25, 0.3) is 21.9 Å². The van der Waals surface area contributed by atoms with E-state index >= 15 is 0 Å². The molecule has 3 N–H and O–H groups in total. The van der Waals surface area contributed by atoms with E-state index in [0.717, 1.165) is 57.8 Å². The number of rotatable bonds is 9. The maximum absolute atomic E-state index is 13.8. The zero-order valence-corrected chi connectivity index (χ0v) is 27.1. The number of fused-ring (bicyclic) bond motifs is 1. The molecule has 1 atom stereocenters. The predicted molar refractivity (Wildman–Crippen MR) is 178 cm³/mol. The maximum Gasteiger partial charge on any atom is 0.303 e. The second-order valence-corrected chi connectivity index (χ2v) is 12.7. The molecule has 0 spiro atoms. The van der Waals surface area contributed by atoms with Gasteiger partial charge in [-0.15, -0.1) is 0 Å². The van der Waals surface area contributed by atoms with Crippen molar-refractivity contribution in [2.45, 2.75) is 70.0 Å². The first-order valence-corrected chi connectivity index (χ1v) is 16.1. The van der Waals surface area contributed by atoms with Gasteiger partial charge in [0.1, 0.15) is 17.7 Å². The lowest BCUT2D eigenvalue weighted by Gasteiger charge is -2.35. The predicted octanol–water partition coefficient (Wildman–Crippen LogP) is 8.21. The van der Waals surface area contributed by atoms with Gasteiger partial charge in [-0.05, 0) is 95.4 Å². The number of aryl methyl sites for hydroxylation is 2. The van der Waals surface area contributed by atoms with Crippen LogP contribution in [0.1, 0.15) is 70.6 Å². The molecule has 1 unspecified atom stereocenters. The van der Waals surface area contributed by atoms with Gasteiger partial charge in [0.15, 0.2) is 0 Å². The molecule has 254 valence electrons. The van der Waals surface area contributed by atoms with E-state index in [1.165, 1.54) is 0 Å². The number of carboxylic acid groups (broad SMARTS) is 1. The summed E-state index contributed by atoms with van der Waals surface area (Å²) in [6, 6.07) is 21.0. The third-order valence-corrected chi connectivity index (χ3v) is 9.15. The molecular formula is C38H40F4N2O4. The van der Waals surface area contributed by atoms with Crippen molar-refractivity contribution in [1.29, 1.82) is 0 Å². The fourth-order valence-electron chi connectivity index (χ4n) is 6.75. The number of methoxy groups -OCH3 is 1. The van der Waals surface area contributed by atoms with Gasteiger partial charge in [-0.3, -0.25) is 14.5 Å². The molecule has 0 aromatic heterocycles. The van der Waals surface area contributed by atoms with Crippen molar-refractivity contribution in [3.8, 4) is 16.9 Å². The molecule has 1 saturated heterocycles. The largest absolute Gasteiger partial charge is 0.496 e. The van der Waals surface area contributed by atoms with Gasteiger partial charge in [-0.2, -0.15) is 0 Å². The lowest BCUT2D eigenvalue weighted by Crippen LogP contribution is -2.35. The summed E-state index contributed by atoms with van der Waals surface area (Å²) in [5.74, 6) is -4.56. The van der Waals surface area contributed by atoms with Crippen LogP contribution in [0.4, 0.5) is 17.6 Å². The summed E-state index contributed by atoms with van der Waals surface area (Å²) in [5.41, 5.74) is 9.97. The number of likely N-dealkylation sites (tertiary alicyclic amines) is 1. The zero-order chi connectivity index (χ0) is 34.6. The fourth-order valence-corrected chi connectivity index (χ4v) is 6.75. The Balaban J connectivity index is 0.000000224. The molecule has 4 aromatic carbocycles. The summed E-state index contributed by atoms with van der Waals surface area (Å²) in [6.45, 7) is 3.67. The first-order chi connectivity index (χ1) is 22.8. The Labute approximate surface area is 277 Å². The Kier molecular flexibility index (Phi) is 10.7. The molecule has 4 aromatic rings. The van der Waals surface area contributed by atoms with E-state index in [1.54, 1.807) is 20.1 Å². The van der Waals surface area contributed by atoms with Crippen LogP contribution in [0.15, 0.2) is 66.7 Å². The number of benzene rings is 4. The number of halogens is 4. The average Bonchev–Trinajstić information content (AvgIpc) is 3.02. The van der Waals surface area contributed by atoms with Gasteiger partial charge in [-0.1, -0.05) is 48.5 Å². The van der Waals surface area contributed by atoms with Gasteiger partial charge in [0.2, 0.25) is 5.92 Å². The van der Waals surface area contributed by atoms with Gasteiger partial charge in [-0.25, -0.2) is 17.6 Å². The van der Waals surface area contributed by atoms with Gasteiger partial charge in [0.25, 0.3) is 5.91 Å². The number of primary amides is 1. The first-order valence-electron chi connectivity index (χ1n) is 16.1. The summed E-state index contributed by atoms with van der Waals surface area (Å²) in [7, 11) is 1.67. The molecule has 6 rings (SSSR count). The summed E-state index contributed by atoms with van der Waals surface area (Å²) in [6.07, 6.45) is 0.884. The van der Waals surface area contributed by atoms with Crippen LogP contribution in [-0.2, 0) is 17.8 Å². The molecule has 1 amide bonds. The standard InChI is InChI=1S/C26H28FNO3.C12H12F3NO/c1-31-25-12-10-18(16-28-14-4-6-20(27)17-28)15-24(25)23-9-3-7-21-19(11-13-26(29)30)5-2-8-22(21)23;1-6-2-7(8-4-12(14,15)5-8)3-9(13)10(6)11(16)17/h2-3,5,7-10,12,15,20H,4,6,11,13-14,16-17H2,1H3,(H,29,30);2-3,8H,4-5H2,1H3,(H2,16,17). The second kappa shape index (κ2) is 14.8. The highest BCUT2D eigenvalue weighted by Gasteiger charge is 2.46. The van der Waals surface area contributed by atoms with Crippen LogP contribution in [0.2, 0.25) is 0 Å². The van der Waals surface area contributed by atoms with E-state index in [4.69, 9.17) is 15.6 Å². The van der Waals surface area contributed by atoms with Crippen LogP contribution in [0.3, 0.4) is 0 Å². The number of aliphatic carboxylic acids is 1. The molecule has 1 heterocycles. The van der Waals surface area contributed by atoms with Gasteiger partial charge < -0.3 is 15.6 Å². The molecule has 1 aliphatic heterocycles. The normalized spacial score (nSPS) is 17.7. The van der Waals surface area contributed by atoms with Crippen molar-refractivity contribution in [3.63, 3.8) is 0 Å². The van der Waals surface area contributed by atoms with Crippen molar-refractivity contribution < 1.29 is 37.0 Å². The number of carbonyl (C=O) groups is 2. The number of alkyl halides is 3. The monoisotopic (exact) mass is 664 g/mol. The SMILES string of the molecule is COc1ccc(CN2CCCC(F)C2)cc1-c1cccc2c(CCC(=O)O)cccc12.Cc1cc(C2CC(F)(F)C2)cc(F)c1C(N)=O. The molecular weight excluding hydrogens is 624 g/mol. The molecule has 48 heavy (non-hydrogen) atoms. The number of carbonyl (C=O) groups excluding carboxylic acids is 1. The van der Waals surface area contributed by atoms with Crippen LogP contribution in [0.5, 0.6) is 5.75 Å². The molecule has 1 aliphatic carbocycles. The van der Waals surface area contributed by atoms with Gasteiger partial charge in [0, 0.05) is 37.9 Å². The van der Waals surface area contributed by atoms with Gasteiger partial charge >= 0.3 is 5.97 Å². The Morgan fingerprint density at radius 2 is 1.75 bits per heavy atom. The van der Waals surface area contributed by atoms with Crippen LogP contribution >= 0.6 is 0 Å². The number of piperidine rings is 1. The highest BCUT2D eigenvalue weighted by Crippen LogP contribution is 2.48. The zero-order valence-electron chi connectivity index (χ0n) is 27.1. The molecule has 0 bridgehead atoms. The molecule has 2 aliphatic rings. The van der Waals surface area contributed by atoms with E-state index < -0.39 is 29.8 Å². The molecule has 1 saturated carbocycles. The van der Waals surface area contributed by atoms with Crippen molar-refractivity contribution in [1.82, 2.24) is 4.90 Å². The Morgan fingerprint density at radius 3 is 2.40 bits per heavy atom. The summed E-state index contributed by atoms with van der Waals surface area (Å²) < 4.78 is 58.5. The Hall–Kier alpha value is -4.44. The minimum Gasteiger partial charge on any atom is -0.496 e. The number of hydrogen-bond donors (Lipinski definition) is 2. The van der Waals surface area contributed by atoms with E-state index in [-0.39, 0.29) is 30.7 Å². The number of nitrogens with zero attached hydrogens (tertiary/aromatic N) is 1. The smallest absolute Gasteiger partial charge is 0.303 e. The third-order valence-electron chi connectivity index (χ3n) is 9.15. The minimum absolute atomic E-state index is 0.105. The summed E-state index contributed by atoms with van der Waals surface area (Å²) in [5, 5.41) is 11.2. The van der Waals surface area contributed by atoms with Crippen molar-refractivity contribution in [2.24, 2.45) is 5.73 Å². The van der Waals surface area contributed by atoms with E-state index in [2.05, 4.69) is 23.1 Å². The Morgan fingerprint density at radius 1 is 1.02 bits per heavy atom. The number of hydrogen-bond acceptors (Lipinski definition) is 4. The third kappa shape index (κ3) is 8.16. The van der Waals surface area contributed by atoms with E-state index in [9.17, 15) is 27.2 Å². The minimum atomic E-state index is -2.64. The van der Waals surface area contributed by atoms with Crippen molar-refractivity contribution in [2.75, 3.05) is 20.2 Å². The quantitative estimate of drug-likeness (QED) is 0.176. The highest BCUT2D eigenvalue weighted by atomic mass is 19.3. The topological polar surface area (TPSA) is 92.9 Å². The maximum atomic E-state index is 13.8. The second-order valence-electron chi connectivity index (χ2n) is 12.7. The average molecular weight is 665 g/mol. The van der Waals surface area contributed by atoms with Crippen LogP contribution in [0, 0.1) is 12.7 Å². The fraction of sp³-hybridized carbons (Fsp3) is 0.368. The highest BCUT2D eigenvalue weighted by molar-refractivity contribution is 6.00. The van der Waals surface area contributed by atoms with E-state index in [1.807, 2.05) is 36.4 Å². The Bertz CT molecular complexity index is 1780. The van der Waals surface area contributed by atoms with Gasteiger partial charge in [0.05, 0.1) is 12.7 Å². The molecule has 6 nitrogen and oxygen atoms in total. The van der Waals surface area contributed by atoms with Crippen molar-refractivity contribution in [3.05, 3.63) is 100 Å². The molecule has 0 radical (unpaired) electrons. The number of amides is 1. The van der Waals surface area contributed by atoms with E-state index in [0.29, 0.717) is 37.1 Å². The number of carboxylic acids is 1. The number of ether oxygens (including phenoxy) is 1. The van der Waals surface area contributed by atoms with Crippen LogP contribution < -0.4 is 10.5 Å². The summed E-state index contributed by atoms with van der Waals surface area (Å²) >= 11 is 0. The lowest BCUT2D eigenvalue weighted by molar-refractivity contribution is -0.136. The van der Waals surface area contributed by atoms with Crippen molar-refractivity contribution >= 4 is 22.6 Å². The summed E-state index contributed by atoms with van der Waals surface area (Å²) in [4.78, 5) is 24.2. The molecule has 10 heteroatoms. The van der Waals surface area contributed by atoms with Crippen LogP contribution in [-0.4, -0.2) is 54.2 Å². The first kappa shape index (κ1) is 34.9.